The van der Waals surface area contributed by atoms with Crippen LogP contribution in [0.4, 0.5) is 13.2 Å². The van der Waals surface area contributed by atoms with Gasteiger partial charge >= 0.3 is 6.18 Å². The Bertz CT molecular complexity index is 945. The van der Waals surface area contributed by atoms with Gasteiger partial charge in [-0.05, 0) is 23.6 Å². The van der Waals surface area contributed by atoms with Crippen molar-refractivity contribution in [3.8, 4) is 5.88 Å². The Balaban J connectivity index is 2.02. The van der Waals surface area contributed by atoms with Crippen LogP contribution in [-0.2, 0) is 12.7 Å². The highest BCUT2D eigenvalue weighted by molar-refractivity contribution is 9.10. The molecule has 0 saturated carbocycles. The van der Waals surface area contributed by atoms with E-state index in [1.54, 1.807) is 12.1 Å². The van der Waals surface area contributed by atoms with Gasteiger partial charge in [0.2, 0.25) is 11.7 Å². The number of rotatable bonds is 3. The monoisotopic (exact) mass is 431 g/mol. The molecule has 3 aromatic rings. The predicted molar refractivity (Wildman–Crippen MR) is 89.4 cm³/mol. The quantitative estimate of drug-likeness (QED) is 0.654. The van der Waals surface area contributed by atoms with Crippen LogP contribution in [0.3, 0.4) is 0 Å². The zero-order chi connectivity index (χ0) is 18.2. The van der Waals surface area contributed by atoms with Gasteiger partial charge < -0.3 is 10.4 Å². The Morgan fingerprint density at radius 3 is 2.72 bits per heavy atom. The summed E-state index contributed by atoms with van der Waals surface area (Å²) in [5, 5.41) is 14.1. The van der Waals surface area contributed by atoms with E-state index in [-0.39, 0.29) is 16.4 Å². The molecule has 2 aromatic heterocycles. The first-order valence-corrected chi connectivity index (χ1v) is 8.51. The standard InChI is InChI=1S/C15H9BrF3N3O2S/c16-7-4-9-11(10(5-7)15(17,18)19)21-12(22-13(9)23)14(24)20-6-8-2-1-3-25-8/h1-5H,6H2,(H,20,24)(H,21,22,23). The summed E-state index contributed by atoms with van der Waals surface area (Å²) < 4.78 is 39.8. The van der Waals surface area contributed by atoms with Gasteiger partial charge in [-0.15, -0.1) is 11.3 Å². The summed E-state index contributed by atoms with van der Waals surface area (Å²) in [5.74, 6) is -2.01. The number of nitrogens with zero attached hydrogens (tertiary/aromatic N) is 2. The van der Waals surface area contributed by atoms with Crippen LogP contribution in [0.15, 0.2) is 34.1 Å². The van der Waals surface area contributed by atoms with Crippen molar-refractivity contribution in [2.75, 3.05) is 0 Å². The van der Waals surface area contributed by atoms with Crippen molar-refractivity contribution in [3.63, 3.8) is 0 Å². The maximum Gasteiger partial charge on any atom is 0.418 e. The predicted octanol–water partition coefficient (Wildman–Crippen LogP) is 4.11. The molecular formula is C15H9BrF3N3O2S. The third-order valence-corrected chi connectivity index (χ3v) is 4.59. The Kier molecular flexibility index (Phi) is 4.65. The fraction of sp³-hybridized carbons (Fsp3) is 0.133. The molecule has 10 heteroatoms. The molecule has 3 rings (SSSR count). The molecule has 0 aliphatic carbocycles. The Morgan fingerprint density at radius 1 is 1.32 bits per heavy atom. The van der Waals surface area contributed by atoms with Crippen molar-refractivity contribution in [1.29, 1.82) is 0 Å². The summed E-state index contributed by atoms with van der Waals surface area (Å²) in [5.41, 5.74) is -1.61. The zero-order valence-electron chi connectivity index (χ0n) is 12.3. The van der Waals surface area contributed by atoms with Crippen molar-refractivity contribution in [2.45, 2.75) is 12.7 Å². The zero-order valence-corrected chi connectivity index (χ0v) is 14.7. The van der Waals surface area contributed by atoms with Crippen LogP contribution in [0.25, 0.3) is 10.9 Å². The van der Waals surface area contributed by atoms with Gasteiger partial charge in [0.15, 0.2) is 0 Å². The van der Waals surface area contributed by atoms with Crippen molar-refractivity contribution in [1.82, 2.24) is 15.3 Å². The maximum atomic E-state index is 13.2. The topological polar surface area (TPSA) is 75.1 Å². The highest BCUT2D eigenvalue weighted by atomic mass is 79.9. The molecular weight excluding hydrogens is 423 g/mol. The number of alkyl halides is 3. The summed E-state index contributed by atoms with van der Waals surface area (Å²) in [6.07, 6.45) is -4.70. The minimum Gasteiger partial charge on any atom is -0.493 e. The summed E-state index contributed by atoms with van der Waals surface area (Å²) in [4.78, 5) is 20.3. The third-order valence-electron chi connectivity index (χ3n) is 3.26. The number of aromatic nitrogens is 2. The summed E-state index contributed by atoms with van der Waals surface area (Å²) in [7, 11) is 0. The first kappa shape index (κ1) is 17.6. The van der Waals surface area contributed by atoms with Crippen LogP contribution in [0.5, 0.6) is 5.88 Å². The Labute approximate surface area is 151 Å². The lowest BCUT2D eigenvalue weighted by atomic mass is 10.1. The number of fused-ring (bicyclic) bond motifs is 1. The van der Waals surface area contributed by atoms with E-state index >= 15 is 0 Å². The van der Waals surface area contributed by atoms with Crippen LogP contribution in [0.2, 0.25) is 0 Å². The largest absolute Gasteiger partial charge is 0.493 e. The highest BCUT2D eigenvalue weighted by Gasteiger charge is 2.35. The van der Waals surface area contributed by atoms with E-state index in [1.807, 2.05) is 5.38 Å². The number of thiophene rings is 1. The van der Waals surface area contributed by atoms with Crippen LogP contribution in [0.1, 0.15) is 21.1 Å². The highest BCUT2D eigenvalue weighted by Crippen LogP contribution is 2.38. The van der Waals surface area contributed by atoms with Gasteiger partial charge in [0, 0.05) is 9.35 Å². The molecule has 5 nitrogen and oxygen atoms in total. The molecule has 0 atom stereocenters. The van der Waals surface area contributed by atoms with E-state index in [0.717, 1.165) is 10.9 Å². The van der Waals surface area contributed by atoms with Crippen molar-refractivity contribution in [2.24, 2.45) is 0 Å². The minimum absolute atomic E-state index is 0.112. The molecule has 0 spiro atoms. The SMILES string of the molecule is O=C(NCc1cccs1)c1nc(O)c2cc(Br)cc(C(F)(F)F)c2n1. The Hall–Kier alpha value is -2.20. The van der Waals surface area contributed by atoms with Gasteiger partial charge in [0.1, 0.15) is 0 Å². The van der Waals surface area contributed by atoms with Crippen LogP contribution in [-0.4, -0.2) is 21.0 Å². The van der Waals surface area contributed by atoms with E-state index in [2.05, 4.69) is 31.2 Å². The molecule has 2 heterocycles. The Morgan fingerprint density at radius 2 is 2.08 bits per heavy atom. The molecule has 0 aliphatic rings. The van der Waals surface area contributed by atoms with Crippen molar-refractivity contribution >= 4 is 44.1 Å². The molecule has 0 unspecified atom stereocenters. The number of hydrogen-bond acceptors (Lipinski definition) is 5. The second kappa shape index (κ2) is 6.60. The molecule has 0 saturated heterocycles. The van der Waals surface area contributed by atoms with Crippen LogP contribution >= 0.6 is 27.3 Å². The molecule has 25 heavy (non-hydrogen) atoms. The summed E-state index contributed by atoms with van der Waals surface area (Å²) in [6.45, 7) is 0.186. The molecule has 0 radical (unpaired) electrons. The van der Waals surface area contributed by atoms with Gasteiger partial charge in [0.05, 0.1) is 23.0 Å². The van der Waals surface area contributed by atoms with Crippen molar-refractivity contribution < 1.29 is 23.1 Å². The van der Waals surface area contributed by atoms with Gasteiger partial charge in [-0.1, -0.05) is 22.0 Å². The second-order valence-corrected chi connectivity index (χ2v) is 6.93. The summed E-state index contributed by atoms with van der Waals surface area (Å²) >= 11 is 4.37. The fourth-order valence-electron chi connectivity index (χ4n) is 2.16. The number of carbonyl (C=O) groups excluding carboxylic acids is 1. The first-order valence-electron chi connectivity index (χ1n) is 6.84. The van der Waals surface area contributed by atoms with Gasteiger partial charge in [-0.2, -0.15) is 18.2 Å². The molecule has 130 valence electrons. The summed E-state index contributed by atoms with van der Waals surface area (Å²) in [6, 6.07) is 5.69. The van der Waals surface area contributed by atoms with Gasteiger partial charge in [-0.3, -0.25) is 4.79 Å². The third kappa shape index (κ3) is 3.74. The number of hydrogen-bond donors (Lipinski definition) is 2. The molecule has 1 amide bonds. The van der Waals surface area contributed by atoms with E-state index in [1.165, 1.54) is 17.4 Å². The number of halogens is 4. The second-order valence-electron chi connectivity index (χ2n) is 4.98. The number of amides is 1. The minimum atomic E-state index is -4.70. The lowest BCUT2D eigenvalue weighted by Crippen LogP contribution is -2.25. The number of nitrogens with one attached hydrogen (secondary N) is 1. The molecule has 0 fully saturated rings. The fourth-order valence-corrected chi connectivity index (χ4v) is 3.26. The van der Waals surface area contributed by atoms with Crippen LogP contribution in [0, 0.1) is 0 Å². The van der Waals surface area contributed by atoms with Gasteiger partial charge in [0.25, 0.3) is 5.91 Å². The number of aromatic hydroxyl groups is 1. The molecule has 0 bridgehead atoms. The lowest BCUT2D eigenvalue weighted by Gasteiger charge is -2.12. The normalized spacial score (nSPS) is 11.7. The molecule has 1 aromatic carbocycles. The maximum absolute atomic E-state index is 13.2. The van der Waals surface area contributed by atoms with Gasteiger partial charge in [-0.25, -0.2) is 4.98 Å². The smallest absolute Gasteiger partial charge is 0.418 e. The number of carbonyl (C=O) groups is 1. The molecule has 0 aliphatic heterocycles. The molecule has 2 N–H and O–H groups in total. The first-order chi connectivity index (χ1) is 11.8. The van der Waals surface area contributed by atoms with Crippen LogP contribution < -0.4 is 5.32 Å². The van der Waals surface area contributed by atoms with E-state index < -0.39 is 34.9 Å². The van der Waals surface area contributed by atoms with Crippen molar-refractivity contribution in [3.05, 3.63) is 50.4 Å². The van der Waals surface area contributed by atoms with E-state index in [0.29, 0.717) is 0 Å². The van der Waals surface area contributed by atoms with E-state index in [4.69, 9.17) is 0 Å². The van der Waals surface area contributed by atoms with E-state index in [9.17, 15) is 23.1 Å². The average molecular weight is 432 g/mol. The number of benzene rings is 1. The average Bonchev–Trinajstić information content (AvgIpc) is 3.05. The lowest BCUT2D eigenvalue weighted by molar-refractivity contribution is -0.136.